The van der Waals surface area contributed by atoms with Gasteiger partial charge in [0.1, 0.15) is 24.2 Å². The zero-order valence-corrected chi connectivity index (χ0v) is 17.8. The van der Waals surface area contributed by atoms with Gasteiger partial charge in [-0.1, -0.05) is 0 Å². The summed E-state index contributed by atoms with van der Waals surface area (Å²) in [6.07, 6.45) is -0.704. The van der Waals surface area contributed by atoms with Crippen LogP contribution in [0.5, 0.6) is 11.5 Å². The SMILES string of the molecule is CCOC(=O)c1c(C)n(C)c2ccc(OCC(O)CNc3ccc(OC)cc3)cc12. The van der Waals surface area contributed by atoms with Crippen molar-refractivity contribution in [2.45, 2.75) is 20.0 Å². The van der Waals surface area contributed by atoms with Crippen molar-refractivity contribution in [2.24, 2.45) is 7.05 Å². The molecule has 0 radical (unpaired) electrons. The van der Waals surface area contributed by atoms with Crippen LogP contribution >= 0.6 is 0 Å². The second kappa shape index (κ2) is 9.54. The van der Waals surface area contributed by atoms with Crippen LogP contribution in [0.15, 0.2) is 42.5 Å². The van der Waals surface area contributed by atoms with Crippen molar-refractivity contribution in [3.05, 3.63) is 53.7 Å². The summed E-state index contributed by atoms with van der Waals surface area (Å²) in [5.41, 5.74) is 3.19. The van der Waals surface area contributed by atoms with Crippen LogP contribution in [-0.4, -0.2) is 48.6 Å². The molecule has 1 aromatic heterocycles. The largest absolute Gasteiger partial charge is 0.497 e. The van der Waals surface area contributed by atoms with Crippen molar-refractivity contribution in [3.8, 4) is 11.5 Å². The minimum absolute atomic E-state index is 0.120. The zero-order valence-electron chi connectivity index (χ0n) is 17.8. The first-order valence-electron chi connectivity index (χ1n) is 9.89. The number of carbonyl (C=O) groups is 1. The molecule has 30 heavy (non-hydrogen) atoms. The maximum absolute atomic E-state index is 12.4. The maximum Gasteiger partial charge on any atom is 0.340 e. The maximum atomic E-state index is 12.4. The Hall–Kier alpha value is -3.19. The van der Waals surface area contributed by atoms with Gasteiger partial charge in [-0.15, -0.1) is 0 Å². The summed E-state index contributed by atoms with van der Waals surface area (Å²) >= 11 is 0. The van der Waals surface area contributed by atoms with Gasteiger partial charge in [0.15, 0.2) is 0 Å². The smallest absolute Gasteiger partial charge is 0.340 e. The van der Waals surface area contributed by atoms with E-state index in [1.165, 1.54) is 0 Å². The van der Waals surface area contributed by atoms with Gasteiger partial charge in [-0.2, -0.15) is 0 Å². The molecular formula is C23H28N2O5. The molecule has 160 valence electrons. The Morgan fingerprint density at radius 3 is 2.53 bits per heavy atom. The normalized spacial score (nSPS) is 11.9. The van der Waals surface area contributed by atoms with E-state index in [2.05, 4.69) is 5.32 Å². The number of aromatic nitrogens is 1. The van der Waals surface area contributed by atoms with Crippen LogP contribution in [0.2, 0.25) is 0 Å². The summed E-state index contributed by atoms with van der Waals surface area (Å²) in [6, 6.07) is 13.0. The minimum Gasteiger partial charge on any atom is -0.497 e. The van der Waals surface area contributed by atoms with Gasteiger partial charge in [0.2, 0.25) is 0 Å². The molecule has 7 heteroatoms. The molecule has 1 heterocycles. The predicted molar refractivity (Wildman–Crippen MR) is 117 cm³/mol. The Balaban J connectivity index is 1.65. The van der Waals surface area contributed by atoms with Crippen LogP contribution in [0.25, 0.3) is 10.9 Å². The van der Waals surface area contributed by atoms with Gasteiger partial charge in [-0.05, 0) is 56.3 Å². The van der Waals surface area contributed by atoms with Gasteiger partial charge in [0.05, 0.1) is 19.3 Å². The monoisotopic (exact) mass is 412 g/mol. The Morgan fingerprint density at radius 1 is 1.17 bits per heavy atom. The van der Waals surface area contributed by atoms with Gasteiger partial charge in [0, 0.05) is 35.9 Å². The third kappa shape index (κ3) is 4.68. The van der Waals surface area contributed by atoms with Crippen molar-refractivity contribution in [2.75, 3.05) is 32.2 Å². The van der Waals surface area contributed by atoms with Crippen molar-refractivity contribution in [1.29, 1.82) is 0 Å². The van der Waals surface area contributed by atoms with Crippen LogP contribution < -0.4 is 14.8 Å². The molecule has 0 amide bonds. The highest BCUT2D eigenvalue weighted by atomic mass is 16.5. The first kappa shape index (κ1) is 21.5. The highest BCUT2D eigenvalue weighted by molar-refractivity contribution is 6.06. The number of aryl methyl sites for hydroxylation is 1. The van der Waals surface area contributed by atoms with Crippen LogP contribution in [0.1, 0.15) is 23.0 Å². The number of hydrogen-bond donors (Lipinski definition) is 2. The molecule has 0 saturated carbocycles. The predicted octanol–water partition coefficient (Wildman–Crippen LogP) is 3.52. The summed E-state index contributed by atoms with van der Waals surface area (Å²) < 4.78 is 18.1. The number of rotatable bonds is 9. The van der Waals surface area contributed by atoms with Crippen molar-refractivity contribution < 1.29 is 24.1 Å². The number of nitrogens with one attached hydrogen (secondary N) is 1. The number of anilines is 1. The molecule has 3 rings (SSSR count). The number of aliphatic hydroxyl groups excluding tert-OH is 1. The third-order valence-corrected chi connectivity index (χ3v) is 5.02. The quantitative estimate of drug-likeness (QED) is 0.524. The number of esters is 1. The van der Waals surface area contributed by atoms with Crippen LogP contribution in [0.4, 0.5) is 5.69 Å². The molecule has 2 N–H and O–H groups in total. The summed E-state index contributed by atoms with van der Waals surface area (Å²) in [5.74, 6) is 1.02. The number of carbonyl (C=O) groups excluding carboxylic acids is 1. The lowest BCUT2D eigenvalue weighted by Gasteiger charge is -2.14. The van der Waals surface area contributed by atoms with Crippen LogP contribution in [0.3, 0.4) is 0 Å². The summed E-state index contributed by atoms with van der Waals surface area (Å²) in [5, 5.41) is 14.2. The Morgan fingerprint density at radius 2 is 1.87 bits per heavy atom. The number of ether oxygens (including phenoxy) is 3. The molecule has 3 aromatic rings. The molecule has 2 aromatic carbocycles. The van der Waals surface area contributed by atoms with E-state index in [1.807, 2.05) is 61.0 Å². The first-order chi connectivity index (χ1) is 14.4. The molecule has 0 bridgehead atoms. The number of methoxy groups -OCH3 is 1. The van der Waals surface area contributed by atoms with E-state index in [0.717, 1.165) is 28.0 Å². The van der Waals surface area contributed by atoms with Crippen LogP contribution in [0, 0.1) is 6.92 Å². The van der Waals surface area contributed by atoms with Gasteiger partial charge in [-0.3, -0.25) is 0 Å². The molecule has 0 aliphatic rings. The zero-order chi connectivity index (χ0) is 21.7. The Kier molecular flexibility index (Phi) is 6.84. The Bertz CT molecular complexity index is 1010. The van der Waals surface area contributed by atoms with Crippen LogP contribution in [-0.2, 0) is 11.8 Å². The van der Waals surface area contributed by atoms with Crippen molar-refractivity contribution >= 4 is 22.6 Å². The molecule has 0 saturated heterocycles. The van der Waals surface area contributed by atoms with E-state index in [1.54, 1.807) is 14.0 Å². The number of benzene rings is 2. The molecule has 1 unspecified atom stereocenters. The van der Waals surface area contributed by atoms with E-state index in [-0.39, 0.29) is 12.6 Å². The fraction of sp³-hybridized carbons (Fsp3) is 0.348. The topological polar surface area (TPSA) is 82.0 Å². The van der Waals surface area contributed by atoms with E-state index in [4.69, 9.17) is 14.2 Å². The number of nitrogens with zero attached hydrogens (tertiary/aromatic N) is 1. The first-order valence-corrected chi connectivity index (χ1v) is 9.89. The average Bonchev–Trinajstić information content (AvgIpc) is 3.01. The molecule has 0 spiro atoms. The lowest BCUT2D eigenvalue weighted by molar-refractivity contribution is 0.0527. The molecular weight excluding hydrogens is 384 g/mol. The molecule has 0 aliphatic heterocycles. The van der Waals surface area contributed by atoms with Gasteiger partial charge < -0.3 is 29.2 Å². The van der Waals surface area contributed by atoms with Gasteiger partial charge in [0.25, 0.3) is 0 Å². The molecule has 0 fully saturated rings. The lowest BCUT2D eigenvalue weighted by Crippen LogP contribution is -2.26. The standard InChI is InChI=1S/C23H28N2O5/c1-5-29-23(27)22-15(2)25(3)21-11-10-19(12-20(21)22)30-14-17(26)13-24-16-6-8-18(28-4)9-7-16/h6-12,17,24,26H,5,13-14H2,1-4H3. The lowest BCUT2D eigenvalue weighted by atomic mass is 10.1. The third-order valence-electron chi connectivity index (χ3n) is 5.02. The van der Waals surface area contributed by atoms with E-state index >= 15 is 0 Å². The number of aliphatic hydroxyl groups is 1. The summed E-state index contributed by atoms with van der Waals surface area (Å²) in [7, 11) is 3.53. The number of fused-ring (bicyclic) bond motifs is 1. The molecule has 0 aliphatic carbocycles. The summed E-state index contributed by atoms with van der Waals surface area (Å²) in [6.45, 7) is 4.45. The number of hydrogen-bond acceptors (Lipinski definition) is 6. The van der Waals surface area contributed by atoms with E-state index < -0.39 is 6.10 Å². The van der Waals surface area contributed by atoms with E-state index in [0.29, 0.717) is 24.5 Å². The fourth-order valence-electron chi connectivity index (χ4n) is 3.30. The minimum atomic E-state index is -0.704. The highest BCUT2D eigenvalue weighted by Crippen LogP contribution is 2.29. The van der Waals surface area contributed by atoms with Gasteiger partial charge >= 0.3 is 5.97 Å². The second-order valence-corrected chi connectivity index (χ2v) is 6.99. The Labute approximate surface area is 176 Å². The second-order valence-electron chi connectivity index (χ2n) is 6.99. The fourth-order valence-corrected chi connectivity index (χ4v) is 3.30. The van der Waals surface area contributed by atoms with Crippen molar-refractivity contribution in [3.63, 3.8) is 0 Å². The van der Waals surface area contributed by atoms with Crippen molar-refractivity contribution in [1.82, 2.24) is 4.57 Å². The molecule has 1 atom stereocenters. The average molecular weight is 412 g/mol. The van der Waals surface area contributed by atoms with Gasteiger partial charge in [-0.25, -0.2) is 4.79 Å². The van der Waals surface area contributed by atoms with E-state index in [9.17, 15) is 9.90 Å². The molecule has 7 nitrogen and oxygen atoms in total. The highest BCUT2D eigenvalue weighted by Gasteiger charge is 2.20. The summed E-state index contributed by atoms with van der Waals surface area (Å²) in [4.78, 5) is 12.4.